The highest BCUT2D eigenvalue weighted by Gasteiger charge is 2.19. The van der Waals surface area contributed by atoms with E-state index in [1.807, 2.05) is 0 Å². The first kappa shape index (κ1) is 68.3. The Balaban J connectivity index is 3.94. The second-order valence-corrected chi connectivity index (χ2v) is 19.9. The molecular weight excluding hydrogens is 889 g/mol. The number of ether oxygens (including phenoxy) is 3. The largest absolute Gasteiger partial charge is 0.462 e. The van der Waals surface area contributed by atoms with Gasteiger partial charge in [0.2, 0.25) is 0 Å². The van der Waals surface area contributed by atoms with Crippen molar-refractivity contribution in [3.05, 3.63) is 97.2 Å². The Morgan fingerprint density at radius 1 is 0.292 bits per heavy atom. The van der Waals surface area contributed by atoms with E-state index in [2.05, 4.69) is 118 Å². The maximum absolute atomic E-state index is 12.7. The van der Waals surface area contributed by atoms with Crippen molar-refractivity contribution in [2.75, 3.05) is 13.2 Å². The molecule has 1 atom stereocenters. The molecule has 72 heavy (non-hydrogen) atoms. The number of hydrogen-bond acceptors (Lipinski definition) is 6. The zero-order valence-corrected chi connectivity index (χ0v) is 47.2. The molecule has 1 unspecified atom stereocenters. The summed E-state index contributed by atoms with van der Waals surface area (Å²) in [6.07, 6.45) is 80.4. The van der Waals surface area contributed by atoms with Crippen LogP contribution in [0.5, 0.6) is 0 Å². The summed E-state index contributed by atoms with van der Waals surface area (Å²) >= 11 is 0. The molecule has 6 heteroatoms. The fourth-order valence-corrected chi connectivity index (χ4v) is 8.37. The Morgan fingerprint density at radius 2 is 0.542 bits per heavy atom. The molecule has 0 saturated heterocycles. The Bertz CT molecular complexity index is 1430. The fraction of sp³-hybridized carbons (Fsp3) is 0.712. The lowest BCUT2D eigenvalue weighted by molar-refractivity contribution is -0.167. The molecule has 0 aromatic heterocycles. The first-order valence-corrected chi connectivity index (χ1v) is 30.2. The van der Waals surface area contributed by atoms with Crippen LogP contribution in [0, 0.1) is 0 Å². The highest BCUT2D eigenvalue weighted by atomic mass is 16.6. The van der Waals surface area contributed by atoms with Gasteiger partial charge >= 0.3 is 17.9 Å². The van der Waals surface area contributed by atoms with Crippen molar-refractivity contribution >= 4 is 17.9 Å². The van der Waals surface area contributed by atoms with Crippen LogP contribution >= 0.6 is 0 Å². The van der Waals surface area contributed by atoms with E-state index in [0.29, 0.717) is 19.3 Å². The van der Waals surface area contributed by atoms with Gasteiger partial charge in [-0.15, -0.1) is 0 Å². The van der Waals surface area contributed by atoms with Crippen LogP contribution in [0.2, 0.25) is 0 Å². The summed E-state index contributed by atoms with van der Waals surface area (Å²) in [5.74, 6) is -0.921. The van der Waals surface area contributed by atoms with E-state index in [0.717, 1.165) is 116 Å². The minimum atomic E-state index is -0.786. The van der Waals surface area contributed by atoms with Gasteiger partial charge in [0.15, 0.2) is 6.10 Å². The van der Waals surface area contributed by atoms with Gasteiger partial charge in [0.1, 0.15) is 13.2 Å². The lowest BCUT2D eigenvalue weighted by Crippen LogP contribution is -2.30. The van der Waals surface area contributed by atoms with Crippen molar-refractivity contribution in [3.8, 4) is 0 Å². The average Bonchev–Trinajstić information content (AvgIpc) is 3.38. The summed E-state index contributed by atoms with van der Waals surface area (Å²) in [5.41, 5.74) is 0. The third-order valence-corrected chi connectivity index (χ3v) is 12.8. The second kappa shape index (κ2) is 59.9. The molecule has 0 fully saturated rings. The van der Waals surface area contributed by atoms with Crippen molar-refractivity contribution in [2.24, 2.45) is 0 Å². The molecule has 0 amide bonds. The van der Waals surface area contributed by atoms with Gasteiger partial charge < -0.3 is 14.2 Å². The predicted octanol–water partition coefficient (Wildman–Crippen LogP) is 20.5. The zero-order chi connectivity index (χ0) is 52.2. The standard InChI is InChI=1S/C66H112O6/c1-4-7-10-13-16-18-20-22-23-24-25-26-27-28-29-30-31-32-33-34-35-36-37-38-39-40-41-42-43-45-46-48-50-53-56-59-65(68)71-62-63(61-70-64(67)58-55-52-15-12-9-6-3)72-66(69)60-57-54-51-49-47-44-21-19-17-14-11-8-5-2/h7-8,10-11,16-19,22-23,25-26,28-29,44,47,63H,4-6,9,12-15,20-21,24,27,30-43,45-46,48-62H2,1-3H3/b10-7-,11-8-,18-16-,19-17-,23-22-,26-25-,29-28-,47-44-. The molecule has 412 valence electrons. The van der Waals surface area contributed by atoms with Gasteiger partial charge in [-0.05, 0) is 96.3 Å². The summed E-state index contributed by atoms with van der Waals surface area (Å²) in [6, 6.07) is 0. The summed E-state index contributed by atoms with van der Waals surface area (Å²) in [4.78, 5) is 37.8. The summed E-state index contributed by atoms with van der Waals surface area (Å²) in [5, 5.41) is 0. The van der Waals surface area contributed by atoms with Gasteiger partial charge in [-0.1, -0.05) is 266 Å². The third-order valence-electron chi connectivity index (χ3n) is 12.8. The first-order valence-electron chi connectivity index (χ1n) is 30.2. The van der Waals surface area contributed by atoms with E-state index in [-0.39, 0.29) is 31.1 Å². The van der Waals surface area contributed by atoms with Crippen LogP contribution in [0.25, 0.3) is 0 Å². The number of allylic oxidation sites excluding steroid dienone is 16. The topological polar surface area (TPSA) is 78.9 Å². The average molecular weight is 1000 g/mol. The van der Waals surface area contributed by atoms with Gasteiger partial charge in [-0.25, -0.2) is 0 Å². The Morgan fingerprint density at radius 3 is 0.861 bits per heavy atom. The van der Waals surface area contributed by atoms with E-state index in [9.17, 15) is 14.4 Å². The van der Waals surface area contributed by atoms with Crippen LogP contribution in [0.15, 0.2) is 97.2 Å². The van der Waals surface area contributed by atoms with Crippen LogP contribution in [-0.2, 0) is 28.6 Å². The summed E-state index contributed by atoms with van der Waals surface area (Å²) < 4.78 is 16.7. The van der Waals surface area contributed by atoms with Crippen molar-refractivity contribution in [1.29, 1.82) is 0 Å². The lowest BCUT2D eigenvalue weighted by Gasteiger charge is -2.18. The van der Waals surface area contributed by atoms with Crippen LogP contribution in [-0.4, -0.2) is 37.2 Å². The van der Waals surface area contributed by atoms with Crippen LogP contribution in [0.3, 0.4) is 0 Å². The zero-order valence-electron chi connectivity index (χ0n) is 47.2. The fourth-order valence-electron chi connectivity index (χ4n) is 8.37. The van der Waals surface area contributed by atoms with Gasteiger partial charge in [-0.3, -0.25) is 14.4 Å². The summed E-state index contributed by atoms with van der Waals surface area (Å²) in [7, 11) is 0. The predicted molar refractivity (Wildman–Crippen MR) is 311 cm³/mol. The van der Waals surface area contributed by atoms with Crippen LogP contribution in [0.4, 0.5) is 0 Å². The van der Waals surface area contributed by atoms with Crippen molar-refractivity contribution in [1.82, 2.24) is 0 Å². The minimum Gasteiger partial charge on any atom is -0.462 e. The van der Waals surface area contributed by atoms with Gasteiger partial charge in [0, 0.05) is 19.3 Å². The minimum absolute atomic E-state index is 0.0860. The van der Waals surface area contributed by atoms with E-state index < -0.39 is 6.10 Å². The molecule has 0 aliphatic carbocycles. The van der Waals surface area contributed by atoms with Gasteiger partial charge in [-0.2, -0.15) is 0 Å². The molecule has 0 N–H and O–H groups in total. The molecule has 0 aromatic carbocycles. The normalized spacial score (nSPS) is 12.8. The molecule has 0 aliphatic rings. The third kappa shape index (κ3) is 57.2. The smallest absolute Gasteiger partial charge is 0.306 e. The molecule has 0 saturated carbocycles. The molecule has 0 heterocycles. The molecule has 0 rings (SSSR count). The Kier molecular flexibility index (Phi) is 56.8. The van der Waals surface area contributed by atoms with Crippen molar-refractivity contribution < 1.29 is 28.6 Å². The molecule has 0 bridgehead atoms. The number of hydrogen-bond donors (Lipinski definition) is 0. The molecule has 0 radical (unpaired) electrons. The molecule has 0 aliphatic heterocycles. The molecular formula is C66H112O6. The van der Waals surface area contributed by atoms with Crippen LogP contribution < -0.4 is 0 Å². The SMILES string of the molecule is CC/C=C\C/C=C\C/C=C\C/C=C\C/C=C\CCCCCCCCCCCCCCCCCCCCCC(=O)OCC(COC(=O)CCCCCCCC)OC(=O)CCCCC/C=C\C/C=C\C/C=C\CC. The van der Waals surface area contributed by atoms with Crippen LogP contribution in [0.1, 0.15) is 284 Å². The second-order valence-electron chi connectivity index (χ2n) is 19.9. The quantitative estimate of drug-likeness (QED) is 0.0261. The van der Waals surface area contributed by atoms with E-state index in [4.69, 9.17) is 14.2 Å². The van der Waals surface area contributed by atoms with E-state index in [1.54, 1.807) is 0 Å². The molecule has 6 nitrogen and oxygen atoms in total. The lowest BCUT2D eigenvalue weighted by atomic mass is 10.0. The van der Waals surface area contributed by atoms with Gasteiger partial charge in [0.25, 0.3) is 0 Å². The molecule has 0 aromatic rings. The van der Waals surface area contributed by atoms with Gasteiger partial charge in [0.05, 0.1) is 0 Å². The summed E-state index contributed by atoms with van der Waals surface area (Å²) in [6.45, 7) is 6.33. The number of carbonyl (C=O) groups is 3. The Hall–Kier alpha value is -3.67. The molecule has 0 spiro atoms. The Labute approximate surface area is 445 Å². The van der Waals surface area contributed by atoms with Crippen molar-refractivity contribution in [3.63, 3.8) is 0 Å². The first-order chi connectivity index (χ1) is 35.5. The number of unbranched alkanes of at least 4 members (excludes halogenated alkanes) is 27. The number of esters is 3. The maximum Gasteiger partial charge on any atom is 0.306 e. The number of rotatable bonds is 54. The maximum atomic E-state index is 12.7. The highest BCUT2D eigenvalue weighted by molar-refractivity contribution is 5.71. The van der Waals surface area contributed by atoms with Crippen molar-refractivity contribution in [2.45, 2.75) is 290 Å². The van der Waals surface area contributed by atoms with E-state index >= 15 is 0 Å². The monoisotopic (exact) mass is 1000 g/mol. The van der Waals surface area contributed by atoms with E-state index in [1.165, 1.54) is 128 Å². The highest BCUT2D eigenvalue weighted by Crippen LogP contribution is 2.16. The number of carbonyl (C=O) groups excluding carboxylic acids is 3.